The van der Waals surface area contributed by atoms with E-state index in [4.69, 9.17) is 4.74 Å². The van der Waals surface area contributed by atoms with Crippen LogP contribution in [0.3, 0.4) is 0 Å². The van der Waals surface area contributed by atoms with Gasteiger partial charge in [0.2, 0.25) is 0 Å². The molecule has 104 valence electrons. The van der Waals surface area contributed by atoms with E-state index in [0.717, 1.165) is 6.07 Å². The van der Waals surface area contributed by atoms with Gasteiger partial charge in [0, 0.05) is 19.2 Å². The van der Waals surface area contributed by atoms with Gasteiger partial charge in [-0.15, -0.1) is 0 Å². The number of hydrogen-bond acceptors (Lipinski definition) is 5. The molecule has 0 radical (unpaired) electrons. The van der Waals surface area contributed by atoms with Crippen LogP contribution in [0.5, 0.6) is 11.6 Å². The first-order valence-electron chi connectivity index (χ1n) is 5.78. The van der Waals surface area contributed by atoms with Crippen molar-refractivity contribution < 1.29 is 14.1 Å². The van der Waals surface area contributed by atoms with Crippen molar-refractivity contribution in [1.82, 2.24) is 4.98 Å². The minimum atomic E-state index is -0.601. The normalized spacial score (nSPS) is 10.2. The van der Waals surface area contributed by atoms with Crippen LogP contribution in [0.2, 0.25) is 0 Å². The fourth-order valence-electron chi connectivity index (χ4n) is 1.57. The minimum absolute atomic E-state index is 0.185. The number of benzene rings is 1. The zero-order valence-electron chi connectivity index (χ0n) is 10.9. The summed E-state index contributed by atoms with van der Waals surface area (Å²) in [5.41, 5.74) is 0.366. The van der Waals surface area contributed by atoms with Gasteiger partial charge in [0.05, 0.1) is 4.92 Å². The van der Waals surface area contributed by atoms with Gasteiger partial charge < -0.3 is 10.1 Å². The van der Waals surface area contributed by atoms with Crippen LogP contribution >= 0.6 is 0 Å². The monoisotopic (exact) mass is 277 g/mol. The van der Waals surface area contributed by atoms with Crippen LogP contribution in [-0.4, -0.2) is 17.0 Å². The molecular formula is C13H12FN3O3. The standard InChI is InChI=1S/C13H12FN3O3/c1-8-3-4-9(14)7-11(8)20-13-10(17(18)19)5-6-12(15-2)16-13/h3-7H,1-2H3,(H,15,16). The number of halogens is 1. The molecule has 2 aromatic rings. The Labute approximate surface area is 114 Å². The number of hydrogen-bond donors (Lipinski definition) is 1. The Kier molecular flexibility index (Phi) is 3.79. The molecular weight excluding hydrogens is 265 g/mol. The Hall–Kier alpha value is -2.70. The molecule has 1 heterocycles. The first-order chi connectivity index (χ1) is 9.51. The molecule has 0 bridgehead atoms. The second-order valence-electron chi connectivity index (χ2n) is 4.04. The minimum Gasteiger partial charge on any atom is -0.433 e. The summed E-state index contributed by atoms with van der Waals surface area (Å²) >= 11 is 0. The fourth-order valence-corrected chi connectivity index (χ4v) is 1.57. The molecule has 0 amide bonds. The van der Waals surface area contributed by atoms with Crippen molar-refractivity contribution in [3.05, 3.63) is 51.8 Å². The van der Waals surface area contributed by atoms with Crippen LogP contribution in [0.1, 0.15) is 5.56 Å². The third-order valence-corrected chi connectivity index (χ3v) is 2.65. The topological polar surface area (TPSA) is 77.3 Å². The first kappa shape index (κ1) is 13.7. The lowest BCUT2D eigenvalue weighted by molar-refractivity contribution is -0.386. The summed E-state index contributed by atoms with van der Waals surface area (Å²) in [4.78, 5) is 14.3. The molecule has 0 saturated carbocycles. The van der Waals surface area contributed by atoms with E-state index in [1.54, 1.807) is 14.0 Å². The van der Waals surface area contributed by atoms with Crippen molar-refractivity contribution in [2.45, 2.75) is 6.92 Å². The number of aromatic nitrogens is 1. The lowest BCUT2D eigenvalue weighted by atomic mass is 10.2. The van der Waals surface area contributed by atoms with Gasteiger partial charge in [-0.05, 0) is 24.6 Å². The lowest BCUT2D eigenvalue weighted by Crippen LogP contribution is -2.00. The number of aryl methyl sites for hydroxylation is 1. The average molecular weight is 277 g/mol. The molecule has 0 aliphatic rings. The van der Waals surface area contributed by atoms with Gasteiger partial charge in [-0.2, -0.15) is 4.98 Å². The van der Waals surface area contributed by atoms with Crippen molar-refractivity contribution >= 4 is 11.5 Å². The first-order valence-corrected chi connectivity index (χ1v) is 5.78. The summed E-state index contributed by atoms with van der Waals surface area (Å²) in [5, 5.41) is 13.7. The maximum Gasteiger partial charge on any atom is 0.331 e. The highest BCUT2D eigenvalue weighted by Gasteiger charge is 2.19. The van der Waals surface area contributed by atoms with Gasteiger partial charge in [0.1, 0.15) is 17.4 Å². The largest absolute Gasteiger partial charge is 0.433 e. The average Bonchev–Trinajstić information content (AvgIpc) is 2.42. The number of anilines is 1. The lowest BCUT2D eigenvalue weighted by Gasteiger charge is -2.09. The smallest absolute Gasteiger partial charge is 0.331 e. The second kappa shape index (κ2) is 5.52. The summed E-state index contributed by atoms with van der Waals surface area (Å²) in [6, 6.07) is 6.71. The molecule has 0 aliphatic carbocycles. The Bertz CT molecular complexity index is 661. The van der Waals surface area contributed by atoms with E-state index in [2.05, 4.69) is 10.3 Å². The maximum atomic E-state index is 13.2. The van der Waals surface area contributed by atoms with Crippen LogP contribution in [0.25, 0.3) is 0 Å². The van der Waals surface area contributed by atoms with Gasteiger partial charge in [-0.1, -0.05) is 6.07 Å². The predicted molar refractivity (Wildman–Crippen MR) is 71.6 cm³/mol. The Balaban J connectivity index is 2.45. The molecule has 0 fully saturated rings. The number of nitrogens with one attached hydrogen (secondary N) is 1. The molecule has 1 aromatic carbocycles. The van der Waals surface area contributed by atoms with E-state index < -0.39 is 10.7 Å². The molecule has 1 N–H and O–H groups in total. The molecule has 0 unspecified atom stereocenters. The fraction of sp³-hybridized carbons (Fsp3) is 0.154. The molecule has 1 aromatic heterocycles. The molecule has 0 saturated heterocycles. The maximum absolute atomic E-state index is 13.2. The van der Waals surface area contributed by atoms with E-state index in [1.165, 1.54) is 24.3 Å². The van der Waals surface area contributed by atoms with Gasteiger partial charge in [-0.25, -0.2) is 4.39 Å². The second-order valence-corrected chi connectivity index (χ2v) is 4.04. The van der Waals surface area contributed by atoms with Crippen LogP contribution in [0.15, 0.2) is 30.3 Å². The highest BCUT2D eigenvalue weighted by atomic mass is 19.1. The summed E-state index contributed by atoms with van der Waals surface area (Å²) in [6.07, 6.45) is 0. The predicted octanol–water partition coefficient (Wildman–Crippen LogP) is 3.27. The van der Waals surface area contributed by atoms with E-state index in [-0.39, 0.29) is 17.3 Å². The van der Waals surface area contributed by atoms with Crippen molar-refractivity contribution in [2.75, 3.05) is 12.4 Å². The Morgan fingerprint density at radius 2 is 2.10 bits per heavy atom. The SMILES string of the molecule is CNc1ccc([N+](=O)[O-])c(Oc2cc(F)ccc2C)n1. The van der Waals surface area contributed by atoms with E-state index in [0.29, 0.717) is 11.4 Å². The molecule has 6 nitrogen and oxygen atoms in total. The molecule has 7 heteroatoms. The summed E-state index contributed by atoms with van der Waals surface area (Å²) in [6.45, 7) is 1.71. The number of rotatable bonds is 4. The third-order valence-electron chi connectivity index (χ3n) is 2.65. The van der Waals surface area contributed by atoms with Gasteiger partial charge in [-0.3, -0.25) is 10.1 Å². The van der Waals surface area contributed by atoms with Crippen molar-refractivity contribution in [3.8, 4) is 11.6 Å². The third kappa shape index (κ3) is 2.82. The number of ether oxygens (including phenoxy) is 1. The van der Waals surface area contributed by atoms with Gasteiger partial charge >= 0.3 is 11.6 Å². The molecule has 0 aliphatic heterocycles. The van der Waals surface area contributed by atoms with Crippen molar-refractivity contribution in [2.24, 2.45) is 0 Å². The molecule has 0 atom stereocenters. The number of pyridine rings is 1. The van der Waals surface area contributed by atoms with E-state index in [1.807, 2.05) is 0 Å². The highest BCUT2D eigenvalue weighted by molar-refractivity contribution is 5.50. The van der Waals surface area contributed by atoms with Gasteiger partial charge in [0.25, 0.3) is 0 Å². The summed E-state index contributed by atoms with van der Waals surface area (Å²) < 4.78 is 18.6. The number of nitrogens with zero attached hydrogens (tertiary/aromatic N) is 2. The number of nitro groups is 1. The van der Waals surface area contributed by atoms with E-state index >= 15 is 0 Å². The molecule has 20 heavy (non-hydrogen) atoms. The zero-order valence-corrected chi connectivity index (χ0v) is 10.9. The Morgan fingerprint density at radius 3 is 2.75 bits per heavy atom. The zero-order chi connectivity index (χ0) is 14.7. The molecule has 2 rings (SSSR count). The van der Waals surface area contributed by atoms with Crippen molar-refractivity contribution in [1.29, 1.82) is 0 Å². The summed E-state index contributed by atoms with van der Waals surface area (Å²) in [5.74, 6) is -0.0675. The molecule has 0 spiro atoms. The van der Waals surface area contributed by atoms with Gasteiger partial charge in [0.15, 0.2) is 0 Å². The summed E-state index contributed by atoms with van der Waals surface area (Å²) in [7, 11) is 1.63. The van der Waals surface area contributed by atoms with Crippen LogP contribution < -0.4 is 10.1 Å². The van der Waals surface area contributed by atoms with Crippen LogP contribution in [0, 0.1) is 22.9 Å². The van der Waals surface area contributed by atoms with Crippen LogP contribution in [0.4, 0.5) is 15.9 Å². The van der Waals surface area contributed by atoms with E-state index in [9.17, 15) is 14.5 Å². The quantitative estimate of drug-likeness (QED) is 0.685. The van der Waals surface area contributed by atoms with Crippen molar-refractivity contribution in [3.63, 3.8) is 0 Å². The van der Waals surface area contributed by atoms with Crippen LogP contribution in [-0.2, 0) is 0 Å². The highest BCUT2D eigenvalue weighted by Crippen LogP contribution is 2.32. The Morgan fingerprint density at radius 1 is 1.35 bits per heavy atom.